The van der Waals surface area contributed by atoms with Gasteiger partial charge in [-0.05, 0) is 118 Å². The number of hydrogen-bond acceptors (Lipinski definition) is 2. The Labute approximate surface area is 299 Å². The lowest BCUT2D eigenvalue weighted by molar-refractivity contribution is 0.0908. The number of rotatable bonds is 5. The molecule has 8 unspecified atom stereocenters. The minimum absolute atomic E-state index is 0.00185. The molecule has 0 saturated heterocycles. The van der Waals surface area contributed by atoms with Gasteiger partial charge in [0.2, 0.25) is 0 Å². The fourth-order valence-electron chi connectivity index (χ4n) is 12.8. The Bertz CT molecular complexity index is 1960. The summed E-state index contributed by atoms with van der Waals surface area (Å²) in [4.78, 5) is 2.94. The fraction of sp³-hybridized carbons (Fsp3) is 0.500. The molecule has 10 rings (SSSR count). The monoisotopic (exact) mass is 661 g/mol. The molecule has 0 spiro atoms. The zero-order chi connectivity index (χ0) is 33.3. The lowest BCUT2D eigenvalue weighted by Gasteiger charge is -2.51. The third-order valence-corrected chi connectivity index (χ3v) is 14.7. The SMILES string of the molecule is CC12C=CCCC1C(N(C1=CCCCC1)C1C=c3c4c(oc3=CC1)C(C1(c3ccccc3)C3=C(C=CCC3)C3CCCCC31)CC=C4)CC=C2. The van der Waals surface area contributed by atoms with Crippen LogP contribution in [0.4, 0.5) is 0 Å². The van der Waals surface area contributed by atoms with Gasteiger partial charge in [0, 0.05) is 39.3 Å². The summed E-state index contributed by atoms with van der Waals surface area (Å²) < 4.78 is 7.25. The minimum Gasteiger partial charge on any atom is -0.460 e. The molecule has 258 valence electrons. The zero-order valence-corrected chi connectivity index (χ0v) is 30.2. The van der Waals surface area contributed by atoms with Crippen molar-refractivity contribution in [2.45, 2.75) is 127 Å². The van der Waals surface area contributed by atoms with Crippen molar-refractivity contribution in [1.29, 1.82) is 0 Å². The van der Waals surface area contributed by atoms with E-state index in [1.807, 2.05) is 0 Å². The maximum Gasteiger partial charge on any atom is 0.130 e. The van der Waals surface area contributed by atoms with Gasteiger partial charge in [0.25, 0.3) is 0 Å². The van der Waals surface area contributed by atoms with Crippen LogP contribution in [0.2, 0.25) is 0 Å². The van der Waals surface area contributed by atoms with Gasteiger partial charge in [-0.15, -0.1) is 0 Å². The van der Waals surface area contributed by atoms with Crippen LogP contribution in [0.5, 0.6) is 0 Å². The molecule has 0 radical (unpaired) electrons. The second-order valence-electron chi connectivity index (χ2n) is 17.1. The van der Waals surface area contributed by atoms with E-state index >= 15 is 0 Å². The summed E-state index contributed by atoms with van der Waals surface area (Å²) in [5.41, 5.74) is 9.26. The summed E-state index contributed by atoms with van der Waals surface area (Å²) in [6, 6.07) is 12.7. The predicted molar refractivity (Wildman–Crippen MR) is 207 cm³/mol. The molecule has 2 aromatic rings. The topological polar surface area (TPSA) is 16.4 Å². The van der Waals surface area contributed by atoms with Crippen molar-refractivity contribution < 1.29 is 4.42 Å². The van der Waals surface area contributed by atoms with Gasteiger partial charge in [-0.3, -0.25) is 0 Å². The Morgan fingerprint density at radius 2 is 1.66 bits per heavy atom. The molecule has 50 heavy (non-hydrogen) atoms. The fourth-order valence-corrected chi connectivity index (χ4v) is 12.8. The first-order chi connectivity index (χ1) is 24.7. The molecule has 0 amide bonds. The highest BCUT2D eigenvalue weighted by Crippen LogP contribution is 2.66. The van der Waals surface area contributed by atoms with Gasteiger partial charge in [-0.25, -0.2) is 0 Å². The third-order valence-electron chi connectivity index (χ3n) is 14.7. The van der Waals surface area contributed by atoms with Gasteiger partial charge in [0.05, 0.1) is 6.04 Å². The van der Waals surface area contributed by atoms with Gasteiger partial charge in [-0.1, -0.05) is 116 Å². The maximum absolute atomic E-state index is 7.25. The average molecular weight is 662 g/mol. The number of furan rings is 1. The molecule has 0 bridgehead atoms. The highest BCUT2D eigenvalue weighted by Gasteiger charge is 2.59. The molecule has 2 nitrogen and oxygen atoms in total. The maximum atomic E-state index is 7.25. The predicted octanol–water partition coefficient (Wildman–Crippen LogP) is 10.6. The lowest BCUT2D eigenvalue weighted by atomic mass is 9.54. The smallest absolute Gasteiger partial charge is 0.130 e. The highest BCUT2D eigenvalue weighted by molar-refractivity contribution is 5.64. The minimum atomic E-state index is -0.00185. The Hall–Kier alpha value is -3.52. The van der Waals surface area contributed by atoms with Crippen LogP contribution >= 0.6 is 0 Å². The van der Waals surface area contributed by atoms with E-state index in [0.29, 0.717) is 35.8 Å². The van der Waals surface area contributed by atoms with Crippen molar-refractivity contribution in [2.24, 2.45) is 23.2 Å². The van der Waals surface area contributed by atoms with E-state index in [-0.39, 0.29) is 10.8 Å². The van der Waals surface area contributed by atoms with E-state index in [9.17, 15) is 0 Å². The Morgan fingerprint density at radius 3 is 2.56 bits per heavy atom. The number of nitrogens with zero attached hydrogens (tertiary/aromatic N) is 1. The van der Waals surface area contributed by atoms with E-state index < -0.39 is 0 Å². The standard InChI is InChI=1S/C48H55NO/c1-47-30-13-12-25-42(47)44(27-15-31-47)49(34-18-6-3-7-19-34)35-28-29-45-39(32-35)38-22-14-26-43(46(38)50-45)48(33-16-4-2-5-17-33)40-23-10-8-20-36(40)37-21-9-11-24-41(37)48/h2,4-5,8,13-18,20,22,29-32,35,37,41-44H,3,6-7,9-12,19,21,23-28H2,1H3. The molecule has 8 atom stereocenters. The molecule has 1 aromatic heterocycles. The van der Waals surface area contributed by atoms with Gasteiger partial charge in [0.1, 0.15) is 11.2 Å². The van der Waals surface area contributed by atoms with Crippen molar-refractivity contribution in [3.05, 3.63) is 123 Å². The van der Waals surface area contributed by atoms with Crippen LogP contribution in [0.25, 0.3) is 18.2 Å². The summed E-state index contributed by atoms with van der Waals surface area (Å²) in [5.74, 6) is 3.58. The van der Waals surface area contributed by atoms with Gasteiger partial charge in [0.15, 0.2) is 0 Å². The summed E-state index contributed by atoms with van der Waals surface area (Å²) >= 11 is 0. The van der Waals surface area contributed by atoms with Gasteiger partial charge in [-0.2, -0.15) is 0 Å². The third kappa shape index (κ3) is 4.65. The van der Waals surface area contributed by atoms with E-state index in [1.165, 1.54) is 92.7 Å². The first-order valence-electron chi connectivity index (χ1n) is 20.5. The Balaban J connectivity index is 1.11. The molecule has 1 heterocycles. The summed E-state index contributed by atoms with van der Waals surface area (Å²) in [6.45, 7) is 2.49. The highest BCUT2D eigenvalue weighted by atomic mass is 16.3. The first kappa shape index (κ1) is 31.2. The summed E-state index contributed by atoms with van der Waals surface area (Å²) in [5, 5.41) is 1.37. The zero-order valence-electron chi connectivity index (χ0n) is 30.2. The quantitative estimate of drug-likeness (QED) is 0.297. The second kappa shape index (κ2) is 12.3. The molecular weight excluding hydrogens is 607 g/mol. The van der Waals surface area contributed by atoms with Crippen LogP contribution in [0, 0.1) is 23.2 Å². The first-order valence-corrected chi connectivity index (χ1v) is 20.5. The van der Waals surface area contributed by atoms with Crippen LogP contribution in [0.15, 0.2) is 100 Å². The normalized spacial score (nSPS) is 36.7. The average Bonchev–Trinajstić information content (AvgIpc) is 3.69. The molecule has 1 saturated carbocycles. The number of fused-ring (bicyclic) bond motifs is 6. The lowest BCUT2D eigenvalue weighted by Crippen LogP contribution is -2.52. The van der Waals surface area contributed by atoms with Gasteiger partial charge < -0.3 is 9.32 Å². The van der Waals surface area contributed by atoms with E-state index in [0.717, 1.165) is 31.1 Å². The van der Waals surface area contributed by atoms with Crippen LogP contribution in [0.1, 0.15) is 126 Å². The van der Waals surface area contributed by atoms with Crippen LogP contribution in [-0.2, 0) is 5.41 Å². The van der Waals surface area contributed by atoms with E-state index in [1.54, 1.807) is 16.8 Å². The summed E-state index contributed by atoms with van der Waals surface area (Å²) in [7, 11) is 0. The molecule has 8 aliphatic rings. The molecule has 1 fully saturated rings. The largest absolute Gasteiger partial charge is 0.460 e. The van der Waals surface area contributed by atoms with Crippen LogP contribution in [0.3, 0.4) is 0 Å². The number of benzene rings is 1. The molecule has 0 aliphatic heterocycles. The van der Waals surface area contributed by atoms with Crippen molar-refractivity contribution in [1.82, 2.24) is 4.90 Å². The Morgan fingerprint density at radius 1 is 0.760 bits per heavy atom. The van der Waals surface area contributed by atoms with Gasteiger partial charge >= 0.3 is 0 Å². The molecule has 8 aliphatic carbocycles. The Kier molecular flexibility index (Phi) is 7.69. The second-order valence-corrected chi connectivity index (χ2v) is 17.1. The van der Waals surface area contributed by atoms with Crippen molar-refractivity contribution in [2.75, 3.05) is 0 Å². The number of allylic oxidation sites excluding steroid dienone is 10. The molecular formula is C48H55NO. The molecule has 0 N–H and O–H groups in total. The molecule has 1 aromatic carbocycles. The van der Waals surface area contributed by atoms with Crippen LogP contribution in [-0.4, -0.2) is 17.0 Å². The summed E-state index contributed by atoms with van der Waals surface area (Å²) in [6.07, 6.45) is 46.3. The van der Waals surface area contributed by atoms with E-state index in [2.05, 4.69) is 109 Å². The van der Waals surface area contributed by atoms with Crippen molar-refractivity contribution in [3.63, 3.8) is 0 Å². The van der Waals surface area contributed by atoms with Crippen molar-refractivity contribution in [3.8, 4) is 0 Å². The van der Waals surface area contributed by atoms with E-state index in [4.69, 9.17) is 4.42 Å². The number of hydrogen-bond donors (Lipinski definition) is 0. The molecule has 2 heteroatoms. The van der Waals surface area contributed by atoms with Crippen LogP contribution < -0.4 is 10.6 Å². The van der Waals surface area contributed by atoms with Crippen molar-refractivity contribution >= 4 is 18.2 Å².